The summed E-state index contributed by atoms with van der Waals surface area (Å²) in [5.41, 5.74) is 2.69. The van der Waals surface area contributed by atoms with Crippen LogP contribution < -0.4 is 0 Å². The molecule has 0 spiro atoms. The molecule has 0 amide bonds. The molecule has 17 heavy (non-hydrogen) atoms. The van der Waals surface area contributed by atoms with Crippen LogP contribution in [-0.4, -0.2) is 5.16 Å². The maximum absolute atomic E-state index is 6.16. The summed E-state index contributed by atoms with van der Waals surface area (Å²) in [7, 11) is 0. The molecule has 1 aliphatic heterocycles. The van der Waals surface area contributed by atoms with Gasteiger partial charge >= 0.3 is 0 Å². The van der Waals surface area contributed by atoms with Gasteiger partial charge in [0.2, 0.25) is 0 Å². The van der Waals surface area contributed by atoms with Gasteiger partial charge in [-0.25, -0.2) is 0 Å². The second-order valence-corrected chi connectivity index (χ2v) is 4.80. The molecule has 3 rings (SSSR count). The maximum atomic E-state index is 6.16. The predicted octanol–water partition coefficient (Wildman–Crippen LogP) is 3.91. The summed E-state index contributed by atoms with van der Waals surface area (Å²) >= 11 is 12.0. The lowest BCUT2D eigenvalue weighted by atomic mass is 10.1. The van der Waals surface area contributed by atoms with Gasteiger partial charge in [-0.2, -0.15) is 0 Å². The highest BCUT2D eigenvalue weighted by Crippen LogP contribution is 2.39. The molecule has 0 saturated heterocycles. The van der Waals surface area contributed by atoms with Gasteiger partial charge in [-0.3, -0.25) is 0 Å². The Morgan fingerprint density at radius 3 is 2.94 bits per heavy atom. The molecule has 0 saturated carbocycles. The fraction of sp³-hybridized carbons (Fsp3) is 0.250. The molecular weight excluding hydrogens is 261 g/mol. The maximum Gasteiger partial charge on any atom is 0.139 e. The van der Waals surface area contributed by atoms with Crippen LogP contribution in [-0.2, 0) is 11.3 Å². The minimum absolute atomic E-state index is 0.257. The van der Waals surface area contributed by atoms with E-state index in [1.165, 1.54) is 0 Å². The number of aryl methyl sites for hydroxylation is 1. The van der Waals surface area contributed by atoms with Gasteiger partial charge < -0.3 is 9.26 Å². The van der Waals surface area contributed by atoms with E-state index in [0.717, 1.165) is 22.6 Å². The fourth-order valence-electron chi connectivity index (χ4n) is 1.99. The van der Waals surface area contributed by atoms with Gasteiger partial charge in [-0.1, -0.05) is 34.4 Å². The minimum atomic E-state index is -0.257. The molecule has 3 nitrogen and oxygen atoms in total. The molecule has 1 aliphatic rings. The van der Waals surface area contributed by atoms with Crippen molar-refractivity contribution in [3.05, 3.63) is 50.8 Å². The number of hydrogen-bond donors (Lipinski definition) is 0. The van der Waals surface area contributed by atoms with Gasteiger partial charge in [0.15, 0.2) is 0 Å². The molecule has 0 aliphatic carbocycles. The van der Waals surface area contributed by atoms with Gasteiger partial charge in [0.1, 0.15) is 17.6 Å². The Kier molecular flexibility index (Phi) is 2.62. The van der Waals surface area contributed by atoms with E-state index in [1.54, 1.807) is 12.1 Å². The van der Waals surface area contributed by atoms with E-state index in [0.29, 0.717) is 16.7 Å². The van der Waals surface area contributed by atoms with Crippen LogP contribution in [0.3, 0.4) is 0 Å². The Labute approximate surface area is 108 Å². The normalized spacial score (nSPS) is 18.4. The van der Waals surface area contributed by atoms with E-state index >= 15 is 0 Å². The first kappa shape index (κ1) is 11.1. The summed E-state index contributed by atoms with van der Waals surface area (Å²) in [4.78, 5) is 0. The van der Waals surface area contributed by atoms with Crippen LogP contribution in [0.1, 0.15) is 28.7 Å². The van der Waals surface area contributed by atoms with Gasteiger partial charge in [0.05, 0.1) is 6.61 Å². The van der Waals surface area contributed by atoms with Gasteiger partial charge in [0, 0.05) is 21.2 Å². The zero-order chi connectivity index (χ0) is 12.0. The molecule has 2 aromatic rings. The topological polar surface area (TPSA) is 35.3 Å². The number of nitrogens with zero attached hydrogens (tertiary/aromatic N) is 1. The molecule has 88 valence electrons. The van der Waals surface area contributed by atoms with Crippen LogP contribution in [0.2, 0.25) is 10.0 Å². The summed E-state index contributed by atoms with van der Waals surface area (Å²) in [6, 6.07) is 5.35. The van der Waals surface area contributed by atoms with Crippen LogP contribution in [0.4, 0.5) is 0 Å². The Morgan fingerprint density at radius 2 is 2.18 bits per heavy atom. The molecule has 1 atom stereocenters. The van der Waals surface area contributed by atoms with Crippen molar-refractivity contribution in [3.63, 3.8) is 0 Å². The van der Waals surface area contributed by atoms with Crippen LogP contribution in [0.25, 0.3) is 0 Å². The molecule has 1 unspecified atom stereocenters. The van der Waals surface area contributed by atoms with Crippen molar-refractivity contribution in [2.45, 2.75) is 19.6 Å². The van der Waals surface area contributed by atoms with E-state index in [1.807, 2.05) is 13.0 Å². The Morgan fingerprint density at radius 1 is 1.35 bits per heavy atom. The molecule has 0 N–H and O–H groups in total. The summed E-state index contributed by atoms with van der Waals surface area (Å²) in [6.45, 7) is 2.38. The second kappa shape index (κ2) is 4.02. The van der Waals surface area contributed by atoms with Crippen LogP contribution in [0.15, 0.2) is 22.7 Å². The number of ether oxygens (including phenoxy) is 1. The number of hydrogen-bond acceptors (Lipinski definition) is 3. The molecule has 1 aromatic carbocycles. The van der Waals surface area contributed by atoms with Crippen molar-refractivity contribution >= 4 is 23.2 Å². The fourth-order valence-corrected chi connectivity index (χ4v) is 2.49. The highest BCUT2D eigenvalue weighted by molar-refractivity contribution is 6.35. The molecule has 5 heteroatoms. The first-order valence-electron chi connectivity index (χ1n) is 5.18. The van der Waals surface area contributed by atoms with Crippen LogP contribution in [0, 0.1) is 6.92 Å². The third kappa shape index (κ3) is 1.75. The van der Waals surface area contributed by atoms with Gasteiger partial charge in [-0.15, -0.1) is 0 Å². The van der Waals surface area contributed by atoms with Gasteiger partial charge in [0.25, 0.3) is 0 Å². The number of aromatic nitrogens is 1. The molecule has 0 bridgehead atoms. The SMILES string of the molecule is Cc1onc2c1COC2c1ccc(Cl)cc1Cl. The zero-order valence-corrected chi connectivity index (χ0v) is 10.5. The summed E-state index contributed by atoms with van der Waals surface area (Å²) in [6.07, 6.45) is -0.257. The van der Waals surface area contributed by atoms with E-state index in [9.17, 15) is 0 Å². The lowest BCUT2D eigenvalue weighted by Gasteiger charge is -2.11. The molecular formula is C12H9Cl2NO2. The van der Waals surface area contributed by atoms with Crippen molar-refractivity contribution < 1.29 is 9.26 Å². The predicted molar refractivity (Wildman–Crippen MR) is 64.3 cm³/mol. The molecule has 0 fully saturated rings. The molecule has 1 aromatic heterocycles. The summed E-state index contributed by atoms with van der Waals surface area (Å²) in [5.74, 6) is 0.799. The standard InChI is InChI=1S/C12H9Cl2NO2/c1-6-9-5-16-12(11(9)15-17-6)8-3-2-7(13)4-10(8)14/h2-4,12H,5H2,1H3. The zero-order valence-electron chi connectivity index (χ0n) is 9.04. The van der Waals surface area contributed by atoms with Crippen molar-refractivity contribution in [1.29, 1.82) is 0 Å². The largest absolute Gasteiger partial charge is 0.362 e. The summed E-state index contributed by atoms with van der Waals surface area (Å²) in [5, 5.41) is 5.21. The van der Waals surface area contributed by atoms with Crippen molar-refractivity contribution in [2.24, 2.45) is 0 Å². The lowest BCUT2D eigenvalue weighted by molar-refractivity contribution is 0.0855. The summed E-state index contributed by atoms with van der Waals surface area (Å²) < 4.78 is 10.9. The first-order chi connectivity index (χ1) is 8.16. The highest BCUT2D eigenvalue weighted by Gasteiger charge is 2.32. The number of halogens is 2. The average molecular weight is 270 g/mol. The lowest BCUT2D eigenvalue weighted by Crippen LogP contribution is -2.00. The Bertz CT molecular complexity index is 580. The number of rotatable bonds is 1. The van der Waals surface area contributed by atoms with Crippen molar-refractivity contribution in [1.82, 2.24) is 5.16 Å². The molecule has 0 radical (unpaired) electrons. The molecule has 2 heterocycles. The first-order valence-corrected chi connectivity index (χ1v) is 5.94. The quantitative estimate of drug-likeness (QED) is 0.788. The minimum Gasteiger partial charge on any atom is -0.362 e. The Hall–Kier alpha value is -1.03. The van der Waals surface area contributed by atoms with Crippen molar-refractivity contribution in [2.75, 3.05) is 0 Å². The average Bonchev–Trinajstić information content (AvgIpc) is 2.83. The number of fused-ring (bicyclic) bond motifs is 1. The van der Waals surface area contributed by atoms with E-state index in [-0.39, 0.29) is 6.10 Å². The third-order valence-electron chi connectivity index (χ3n) is 2.90. The van der Waals surface area contributed by atoms with Crippen LogP contribution in [0.5, 0.6) is 0 Å². The smallest absolute Gasteiger partial charge is 0.139 e. The van der Waals surface area contributed by atoms with E-state index < -0.39 is 0 Å². The van der Waals surface area contributed by atoms with Crippen LogP contribution >= 0.6 is 23.2 Å². The second-order valence-electron chi connectivity index (χ2n) is 3.96. The number of benzene rings is 1. The highest BCUT2D eigenvalue weighted by atomic mass is 35.5. The van der Waals surface area contributed by atoms with E-state index in [4.69, 9.17) is 32.5 Å². The third-order valence-corrected chi connectivity index (χ3v) is 3.47. The van der Waals surface area contributed by atoms with Gasteiger partial charge in [-0.05, 0) is 19.1 Å². The Balaban J connectivity index is 2.06. The van der Waals surface area contributed by atoms with Crippen molar-refractivity contribution in [3.8, 4) is 0 Å². The van der Waals surface area contributed by atoms with E-state index in [2.05, 4.69) is 5.16 Å². The monoisotopic (exact) mass is 269 g/mol.